The summed E-state index contributed by atoms with van der Waals surface area (Å²) in [4.78, 5) is 29.3. The fraction of sp³-hybridized carbons (Fsp3) is 0.667. The molecule has 1 heterocycles. The molecule has 0 bridgehead atoms. The molecular formula is C24H38FN3O5S. The van der Waals surface area contributed by atoms with Gasteiger partial charge in [0.05, 0.1) is 18.9 Å². The number of ether oxygens (including phenoxy) is 1. The van der Waals surface area contributed by atoms with E-state index in [2.05, 4.69) is 0 Å². The smallest absolute Gasteiger partial charge is 0.238 e. The first kappa shape index (κ1) is 28.2. The number of halogens is 1. The molecule has 1 saturated heterocycles. The van der Waals surface area contributed by atoms with E-state index in [1.165, 1.54) is 26.2 Å². The molecule has 0 aliphatic carbocycles. The minimum absolute atomic E-state index is 0.0800. The van der Waals surface area contributed by atoms with E-state index in [0.717, 1.165) is 17.1 Å². The van der Waals surface area contributed by atoms with Crippen molar-refractivity contribution < 1.29 is 27.1 Å². The molecule has 1 aromatic rings. The maximum Gasteiger partial charge on any atom is 0.238 e. The highest BCUT2D eigenvalue weighted by molar-refractivity contribution is 7.89. The first-order chi connectivity index (χ1) is 16.2. The van der Waals surface area contributed by atoms with Crippen LogP contribution in [-0.4, -0.2) is 86.0 Å². The zero-order valence-electron chi connectivity index (χ0n) is 20.5. The lowest BCUT2D eigenvalue weighted by molar-refractivity contribution is -0.137. The van der Waals surface area contributed by atoms with E-state index in [0.29, 0.717) is 37.9 Å². The van der Waals surface area contributed by atoms with Crippen molar-refractivity contribution in [2.75, 3.05) is 45.6 Å². The van der Waals surface area contributed by atoms with Gasteiger partial charge in [-0.2, -0.15) is 4.31 Å². The van der Waals surface area contributed by atoms with E-state index < -0.39 is 15.8 Å². The SMILES string of the molecule is CCCCC(=O)N1CCC(N(Cc2cccc(F)c2)C(=O)CN(CCOC)S(=O)(=O)CC)CC1. The Labute approximate surface area is 203 Å². The second-order valence-electron chi connectivity index (χ2n) is 8.59. The zero-order valence-corrected chi connectivity index (χ0v) is 21.4. The highest BCUT2D eigenvalue weighted by atomic mass is 32.2. The molecule has 0 saturated carbocycles. The van der Waals surface area contributed by atoms with Gasteiger partial charge in [-0.1, -0.05) is 25.5 Å². The van der Waals surface area contributed by atoms with Gasteiger partial charge in [0.1, 0.15) is 5.82 Å². The van der Waals surface area contributed by atoms with Crippen molar-refractivity contribution in [3.63, 3.8) is 0 Å². The molecule has 1 aliphatic rings. The summed E-state index contributed by atoms with van der Waals surface area (Å²) in [5, 5.41) is 0. The summed E-state index contributed by atoms with van der Waals surface area (Å²) in [6.45, 7) is 4.80. The summed E-state index contributed by atoms with van der Waals surface area (Å²) < 4.78 is 45.1. The molecule has 0 aromatic heterocycles. The number of nitrogens with zero attached hydrogens (tertiary/aromatic N) is 3. The number of hydrogen-bond donors (Lipinski definition) is 0. The Bertz CT molecular complexity index is 904. The molecule has 0 radical (unpaired) electrons. The largest absolute Gasteiger partial charge is 0.383 e. The van der Waals surface area contributed by atoms with Gasteiger partial charge in [-0.05, 0) is 43.9 Å². The Balaban J connectivity index is 2.19. The third-order valence-electron chi connectivity index (χ3n) is 6.18. The van der Waals surface area contributed by atoms with E-state index in [9.17, 15) is 22.4 Å². The number of carbonyl (C=O) groups excluding carboxylic acids is 2. The predicted octanol–water partition coefficient (Wildman–Crippen LogP) is 2.63. The number of likely N-dealkylation sites (tertiary alicyclic amines) is 1. The van der Waals surface area contributed by atoms with Crippen LogP contribution < -0.4 is 0 Å². The van der Waals surface area contributed by atoms with Crippen molar-refractivity contribution in [3.8, 4) is 0 Å². The average Bonchev–Trinajstić information content (AvgIpc) is 2.83. The molecule has 8 nitrogen and oxygen atoms in total. The monoisotopic (exact) mass is 499 g/mol. The first-order valence-corrected chi connectivity index (χ1v) is 13.6. The number of piperidine rings is 1. The molecule has 2 rings (SSSR count). The highest BCUT2D eigenvalue weighted by Crippen LogP contribution is 2.21. The molecule has 10 heteroatoms. The number of unbranched alkanes of at least 4 members (excludes halogenated alkanes) is 1. The molecule has 2 amide bonds. The summed E-state index contributed by atoms with van der Waals surface area (Å²) in [7, 11) is -2.13. The molecule has 1 aliphatic heterocycles. The first-order valence-electron chi connectivity index (χ1n) is 12.0. The maximum atomic E-state index is 13.8. The summed E-state index contributed by atoms with van der Waals surface area (Å²) in [5.41, 5.74) is 0.636. The molecule has 192 valence electrons. The second-order valence-corrected chi connectivity index (χ2v) is 10.9. The van der Waals surface area contributed by atoms with Crippen molar-refractivity contribution in [1.82, 2.24) is 14.1 Å². The van der Waals surface area contributed by atoms with E-state index >= 15 is 0 Å². The molecule has 0 N–H and O–H groups in total. The lowest BCUT2D eigenvalue weighted by Gasteiger charge is -2.39. The number of carbonyl (C=O) groups is 2. The molecule has 1 aromatic carbocycles. The summed E-state index contributed by atoms with van der Waals surface area (Å²) >= 11 is 0. The Morgan fingerprint density at radius 1 is 1.21 bits per heavy atom. The molecule has 0 spiro atoms. The topological polar surface area (TPSA) is 87.2 Å². The van der Waals surface area contributed by atoms with Crippen LogP contribution in [0.25, 0.3) is 0 Å². The molecular weight excluding hydrogens is 461 g/mol. The van der Waals surface area contributed by atoms with Crippen LogP contribution in [0, 0.1) is 5.82 Å². The number of rotatable bonds is 13. The Morgan fingerprint density at radius 2 is 1.91 bits per heavy atom. The van der Waals surface area contributed by atoms with Crippen molar-refractivity contribution >= 4 is 21.8 Å². The molecule has 34 heavy (non-hydrogen) atoms. The maximum absolute atomic E-state index is 13.8. The van der Waals surface area contributed by atoms with Crippen LogP contribution in [0.2, 0.25) is 0 Å². The number of sulfonamides is 1. The number of benzene rings is 1. The van der Waals surface area contributed by atoms with Gasteiger partial charge in [0.15, 0.2) is 0 Å². The standard InChI is InChI=1S/C24H38FN3O5S/c1-4-6-10-23(29)26-13-11-22(12-14-26)28(18-20-8-7-9-21(25)17-20)24(30)19-27(15-16-33-3)34(31,32)5-2/h7-9,17,22H,4-6,10-16,18-19H2,1-3H3. The number of methoxy groups -OCH3 is 1. The number of hydrogen-bond acceptors (Lipinski definition) is 5. The van der Waals surface area contributed by atoms with Gasteiger partial charge in [0.2, 0.25) is 21.8 Å². The van der Waals surface area contributed by atoms with Gasteiger partial charge in [0.25, 0.3) is 0 Å². The van der Waals surface area contributed by atoms with Crippen LogP contribution in [0.5, 0.6) is 0 Å². The fourth-order valence-corrected chi connectivity index (χ4v) is 5.12. The van der Waals surface area contributed by atoms with Gasteiger partial charge < -0.3 is 14.5 Å². The van der Waals surface area contributed by atoms with E-state index in [4.69, 9.17) is 4.74 Å². The van der Waals surface area contributed by atoms with Gasteiger partial charge in [-0.3, -0.25) is 9.59 Å². The summed E-state index contributed by atoms with van der Waals surface area (Å²) in [5.74, 6) is -0.723. The third kappa shape index (κ3) is 8.32. The second kappa shape index (κ2) is 13.7. The van der Waals surface area contributed by atoms with Crippen LogP contribution in [0.15, 0.2) is 24.3 Å². The van der Waals surface area contributed by atoms with Crippen LogP contribution in [0.1, 0.15) is 51.5 Å². The Morgan fingerprint density at radius 3 is 2.50 bits per heavy atom. The normalized spacial score (nSPS) is 15.0. The van der Waals surface area contributed by atoms with E-state index in [1.807, 2.05) is 11.8 Å². The summed E-state index contributed by atoms with van der Waals surface area (Å²) in [6.07, 6.45) is 3.52. The van der Waals surface area contributed by atoms with Gasteiger partial charge in [-0.25, -0.2) is 12.8 Å². The van der Waals surface area contributed by atoms with Crippen molar-refractivity contribution in [2.24, 2.45) is 0 Å². The number of amides is 2. The average molecular weight is 500 g/mol. The highest BCUT2D eigenvalue weighted by Gasteiger charge is 2.32. The minimum atomic E-state index is -3.61. The van der Waals surface area contributed by atoms with Crippen LogP contribution >= 0.6 is 0 Å². The molecule has 1 fully saturated rings. The van der Waals surface area contributed by atoms with Crippen molar-refractivity contribution in [1.29, 1.82) is 0 Å². The van der Waals surface area contributed by atoms with Gasteiger partial charge in [-0.15, -0.1) is 0 Å². The fourth-order valence-electron chi connectivity index (χ4n) is 4.10. The van der Waals surface area contributed by atoms with Crippen molar-refractivity contribution in [2.45, 2.75) is 58.5 Å². The van der Waals surface area contributed by atoms with Crippen LogP contribution in [0.4, 0.5) is 4.39 Å². The van der Waals surface area contributed by atoms with Gasteiger partial charge in [0, 0.05) is 45.8 Å². The molecule has 0 atom stereocenters. The Kier molecular flexibility index (Phi) is 11.4. The molecule has 0 unspecified atom stereocenters. The minimum Gasteiger partial charge on any atom is -0.383 e. The lowest BCUT2D eigenvalue weighted by Crippen LogP contribution is -2.51. The third-order valence-corrected chi connectivity index (χ3v) is 8.01. The lowest BCUT2D eigenvalue weighted by atomic mass is 10.0. The van der Waals surface area contributed by atoms with Gasteiger partial charge >= 0.3 is 0 Å². The van der Waals surface area contributed by atoms with E-state index in [1.54, 1.807) is 17.0 Å². The Hall–Kier alpha value is -2.04. The summed E-state index contributed by atoms with van der Waals surface area (Å²) in [6, 6.07) is 5.90. The van der Waals surface area contributed by atoms with Crippen LogP contribution in [0.3, 0.4) is 0 Å². The predicted molar refractivity (Wildman–Crippen MR) is 129 cm³/mol. The van der Waals surface area contributed by atoms with Crippen molar-refractivity contribution in [3.05, 3.63) is 35.6 Å². The quantitative estimate of drug-likeness (QED) is 0.416. The zero-order chi connectivity index (χ0) is 25.1. The van der Waals surface area contributed by atoms with E-state index in [-0.39, 0.29) is 49.9 Å². The van der Waals surface area contributed by atoms with Crippen LogP contribution in [-0.2, 0) is 30.9 Å².